The Labute approximate surface area is 196 Å². The van der Waals surface area contributed by atoms with Crippen LogP contribution in [0.4, 0.5) is 0 Å². The third kappa shape index (κ3) is 7.19. The molecule has 0 amide bonds. The topological polar surface area (TPSA) is 163 Å². The zero-order chi connectivity index (χ0) is 25.1. The maximum atomic E-state index is 13.2. The first kappa shape index (κ1) is 26.6. The molecular formula is C19H26ClN5O7S. The number of esters is 2. The Morgan fingerprint density at radius 1 is 1.24 bits per heavy atom. The third-order valence-electron chi connectivity index (χ3n) is 3.99. The molecule has 0 bridgehead atoms. The summed E-state index contributed by atoms with van der Waals surface area (Å²) in [5.74, 6) is -1.98. The van der Waals surface area contributed by atoms with Crippen molar-refractivity contribution in [1.82, 2.24) is 24.2 Å². The summed E-state index contributed by atoms with van der Waals surface area (Å²) in [6.45, 7) is 9.42. The fourth-order valence-corrected chi connectivity index (χ4v) is 3.62. The predicted molar refractivity (Wildman–Crippen MR) is 118 cm³/mol. The van der Waals surface area contributed by atoms with E-state index < -0.39 is 33.9 Å². The lowest BCUT2D eigenvalue weighted by atomic mass is 10.1. The Morgan fingerprint density at radius 3 is 2.42 bits per heavy atom. The summed E-state index contributed by atoms with van der Waals surface area (Å²) in [6.07, 6.45) is 1.43. The maximum absolute atomic E-state index is 13.2. The number of aryl methyl sites for hydroxylation is 1. The van der Waals surface area contributed by atoms with Crippen LogP contribution in [0.25, 0.3) is 11.4 Å². The van der Waals surface area contributed by atoms with Gasteiger partial charge in [-0.25, -0.2) is 24.5 Å². The quantitative estimate of drug-likeness (QED) is 0.310. The smallest absolute Gasteiger partial charge is 0.374 e. The van der Waals surface area contributed by atoms with Crippen LogP contribution in [0.3, 0.4) is 0 Å². The molecule has 2 heterocycles. The van der Waals surface area contributed by atoms with E-state index in [0.29, 0.717) is 5.56 Å². The molecule has 0 spiro atoms. The van der Waals surface area contributed by atoms with Gasteiger partial charge in [-0.15, -0.1) is 0 Å². The number of rotatable bonds is 8. The molecule has 0 saturated carbocycles. The summed E-state index contributed by atoms with van der Waals surface area (Å²) >= 11 is 5.95. The summed E-state index contributed by atoms with van der Waals surface area (Å²) in [5.41, 5.74) is -0.406. The van der Waals surface area contributed by atoms with E-state index in [2.05, 4.69) is 15.0 Å². The van der Waals surface area contributed by atoms with Crippen LogP contribution in [-0.4, -0.2) is 62.7 Å². The van der Waals surface area contributed by atoms with Gasteiger partial charge in [0.2, 0.25) is 11.1 Å². The summed E-state index contributed by atoms with van der Waals surface area (Å²) < 4.78 is 45.4. The van der Waals surface area contributed by atoms with Gasteiger partial charge in [0.15, 0.2) is 5.69 Å². The molecule has 0 fully saturated rings. The highest BCUT2D eigenvalue weighted by Gasteiger charge is 2.33. The van der Waals surface area contributed by atoms with Crippen LogP contribution < -0.4 is 4.72 Å². The van der Waals surface area contributed by atoms with Crippen LogP contribution in [0.1, 0.15) is 61.3 Å². The molecule has 0 saturated heterocycles. The van der Waals surface area contributed by atoms with Gasteiger partial charge in [-0.1, -0.05) is 0 Å². The molecule has 33 heavy (non-hydrogen) atoms. The van der Waals surface area contributed by atoms with Crippen molar-refractivity contribution in [2.45, 2.75) is 59.7 Å². The van der Waals surface area contributed by atoms with E-state index in [1.807, 2.05) is 4.72 Å². The second kappa shape index (κ2) is 10.1. The molecule has 2 aromatic rings. The molecule has 0 aliphatic rings. The van der Waals surface area contributed by atoms with Crippen LogP contribution in [0.15, 0.2) is 6.20 Å². The highest BCUT2D eigenvalue weighted by atomic mass is 35.5. The van der Waals surface area contributed by atoms with Crippen molar-refractivity contribution < 1.29 is 32.0 Å². The number of hydrogen-bond acceptors (Lipinski definition) is 9. The first-order valence-electron chi connectivity index (χ1n) is 9.88. The third-order valence-corrected chi connectivity index (χ3v) is 4.87. The summed E-state index contributed by atoms with van der Waals surface area (Å²) in [6, 6.07) is -0.952. The Kier molecular flexibility index (Phi) is 8.17. The lowest BCUT2D eigenvalue weighted by Crippen LogP contribution is -2.37. The van der Waals surface area contributed by atoms with Crippen LogP contribution >= 0.6 is 11.6 Å². The van der Waals surface area contributed by atoms with Crippen LogP contribution in [-0.2, 0) is 26.3 Å². The van der Waals surface area contributed by atoms with Crippen LogP contribution in [0.5, 0.6) is 0 Å². The Hall–Kier alpha value is -2.61. The van der Waals surface area contributed by atoms with E-state index in [9.17, 15) is 18.0 Å². The second-order valence-corrected chi connectivity index (χ2v) is 9.65. The highest BCUT2D eigenvalue weighted by molar-refractivity contribution is 7.83. The van der Waals surface area contributed by atoms with E-state index in [1.54, 1.807) is 34.6 Å². The zero-order valence-corrected chi connectivity index (χ0v) is 20.6. The minimum atomic E-state index is -4.56. The molecule has 0 aromatic carbocycles. The van der Waals surface area contributed by atoms with Crippen molar-refractivity contribution in [3.05, 3.63) is 28.6 Å². The summed E-state index contributed by atoms with van der Waals surface area (Å²) in [4.78, 5) is 38.3. The largest absolute Gasteiger partial charge is 0.460 e. The van der Waals surface area contributed by atoms with Gasteiger partial charge in [-0.3, -0.25) is 4.55 Å². The Balaban J connectivity index is 2.81. The van der Waals surface area contributed by atoms with E-state index in [4.69, 9.17) is 25.6 Å². The van der Waals surface area contributed by atoms with Crippen molar-refractivity contribution in [2.75, 3.05) is 6.61 Å². The van der Waals surface area contributed by atoms with Gasteiger partial charge in [0, 0.05) is 18.8 Å². The fourth-order valence-electron chi connectivity index (χ4n) is 2.91. The number of nitrogens with one attached hydrogen (secondary N) is 1. The van der Waals surface area contributed by atoms with E-state index in [-0.39, 0.29) is 41.3 Å². The Bertz CT molecular complexity index is 1160. The van der Waals surface area contributed by atoms with Crippen molar-refractivity contribution >= 4 is 33.8 Å². The molecule has 1 atom stereocenters. The van der Waals surface area contributed by atoms with Gasteiger partial charge in [0.25, 0.3) is 0 Å². The van der Waals surface area contributed by atoms with Gasteiger partial charge in [-0.2, -0.15) is 13.1 Å². The molecule has 0 aliphatic heterocycles. The van der Waals surface area contributed by atoms with E-state index in [0.717, 1.165) is 0 Å². The standard InChI is InChI=1S/C19H26ClN5O7S/c1-7-31-17(27)15-22-13(12-10(2)8-21-18(20)23-12)14(16(26)32-19(4,5)6)25(15)9-11(3)24-33(28,29)30/h8,11,24H,7,9H2,1-6H3,(H,28,29,30). The van der Waals surface area contributed by atoms with Gasteiger partial charge in [0.05, 0.1) is 12.3 Å². The first-order chi connectivity index (χ1) is 15.1. The molecule has 14 heteroatoms. The minimum absolute atomic E-state index is 0.0202. The van der Waals surface area contributed by atoms with Crippen LogP contribution in [0.2, 0.25) is 5.28 Å². The molecule has 182 valence electrons. The molecule has 0 aliphatic carbocycles. The van der Waals surface area contributed by atoms with Crippen molar-refractivity contribution in [3.63, 3.8) is 0 Å². The molecular weight excluding hydrogens is 478 g/mol. The van der Waals surface area contributed by atoms with E-state index in [1.165, 1.54) is 17.7 Å². The molecule has 2 rings (SSSR count). The van der Waals surface area contributed by atoms with Gasteiger partial charge in [-0.05, 0) is 58.7 Å². The molecule has 12 nitrogen and oxygen atoms in total. The zero-order valence-electron chi connectivity index (χ0n) is 19.0. The second-order valence-electron chi connectivity index (χ2n) is 8.13. The fraction of sp³-hybridized carbons (Fsp3) is 0.526. The molecule has 2 aromatic heterocycles. The monoisotopic (exact) mass is 503 g/mol. The number of carbonyl (C=O) groups is 2. The summed E-state index contributed by atoms with van der Waals surface area (Å²) in [7, 11) is -4.56. The molecule has 0 radical (unpaired) electrons. The number of aromatic nitrogens is 4. The number of carbonyl (C=O) groups excluding carboxylic acids is 2. The van der Waals surface area contributed by atoms with Gasteiger partial charge < -0.3 is 14.0 Å². The number of nitrogens with zero attached hydrogens (tertiary/aromatic N) is 4. The number of hydrogen-bond donors (Lipinski definition) is 2. The normalized spacial score (nSPS) is 13.0. The first-order valence-corrected chi connectivity index (χ1v) is 11.7. The minimum Gasteiger partial charge on any atom is -0.460 e. The van der Waals surface area contributed by atoms with Crippen molar-refractivity contribution in [1.29, 1.82) is 0 Å². The maximum Gasteiger partial charge on any atom is 0.374 e. The average Bonchev–Trinajstić information content (AvgIpc) is 3.00. The Morgan fingerprint density at radius 2 is 1.88 bits per heavy atom. The van der Waals surface area contributed by atoms with Crippen LogP contribution in [0, 0.1) is 6.92 Å². The number of ether oxygens (including phenoxy) is 2. The van der Waals surface area contributed by atoms with Gasteiger partial charge >= 0.3 is 22.2 Å². The van der Waals surface area contributed by atoms with Crippen molar-refractivity contribution in [3.8, 4) is 11.4 Å². The summed E-state index contributed by atoms with van der Waals surface area (Å²) in [5, 5.41) is -0.112. The number of halogens is 1. The lowest BCUT2D eigenvalue weighted by Gasteiger charge is -2.21. The SMILES string of the molecule is CCOC(=O)c1nc(-c2nc(Cl)ncc2C)c(C(=O)OC(C)(C)C)n1CC(C)NS(=O)(=O)O. The molecule has 1 unspecified atom stereocenters. The average molecular weight is 504 g/mol. The predicted octanol–water partition coefficient (Wildman–Crippen LogP) is 2.21. The van der Waals surface area contributed by atoms with E-state index >= 15 is 0 Å². The van der Waals surface area contributed by atoms with Gasteiger partial charge in [0.1, 0.15) is 11.3 Å². The molecule has 2 N–H and O–H groups in total. The van der Waals surface area contributed by atoms with Crippen molar-refractivity contribution in [2.24, 2.45) is 0 Å². The highest BCUT2D eigenvalue weighted by Crippen LogP contribution is 2.29. The lowest BCUT2D eigenvalue weighted by molar-refractivity contribution is 0.00581. The number of imidazole rings is 1.